The Labute approximate surface area is 124 Å². The fourth-order valence-electron chi connectivity index (χ4n) is 3.76. The number of rotatable bonds is 5. The molecule has 1 saturated heterocycles. The van der Waals surface area contributed by atoms with Gasteiger partial charge in [-0.05, 0) is 64.0 Å². The minimum Gasteiger partial charge on any atom is -0.353 e. The number of piperidine rings is 1. The number of carbonyl (C=O) groups is 1. The predicted octanol–water partition coefficient (Wildman–Crippen LogP) is 3.24. The van der Waals surface area contributed by atoms with E-state index in [0.717, 1.165) is 19.5 Å². The summed E-state index contributed by atoms with van der Waals surface area (Å²) in [6.45, 7) is 4.46. The van der Waals surface area contributed by atoms with Gasteiger partial charge in [0.2, 0.25) is 5.91 Å². The summed E-state index contributed by atoms with van der Waals surface area (Å²) in [7, 11) is 0. The van der Waals surface area contributed by atoms with Gasteiger partial charge in [-0.3, -0.25) is 4.79 Å². The molecule has 0 aromatic rings. The Kier molecular flexibility index (Phi) is 6.85. The summed E-state index contributed by atoms with van der Waals surface area (Å²) in [6.07, 6.45) is 12.4. The number of hydrogen-bond acceptors (Lipinski definition) is 2. The Morgan fingerprint density at radius 3 is 2.55 bits per heavy atom. The van der Waals surface area contributed by atoms with Gasteiger partial charge < -0.3 is 10.6 Å². The van der Waals surface area contributed by atoms with Crippen molar-refractivity contribution in [3.63, 3.8) is 0 Å². The van der Waals surface area contributed by atoms with E-state index in [-0.39, 0.29) is 5.91 Å². The monoisotopic (exact) mass is 280 g/mol. The largest absolute Gasteiger partial charge is 0.353 e. The van der Waals surface area contributed by atoms with E-state index in [0.29, 0.717) is 24.3 Å². The van der Waals surface area contributed by atoms with Crippen LogP contribution < -0.4 is 10.6 Å². The summed E-state index contributed by atoms with van der Waals surface area (Å²) in [6, 6.07) is 0.366. The highest BCUT2D eigenvalue weighted by Crippen LogP contribution is 2.25. The molecule has 2 rings (SSSR count). The van der Waals surface area contributed by atoms with Crippen LogP contribution in [0.2, 0.25) is 0 Å². The molecule has 3 nitrogen and oxygen atoms in total. The van der Waals surface area contributed by atoms with Gasteiger partial charge in [0.05, 0.1) is 0 Å². The molecule has 1 saturated carbocycles. The third-order valence-corrected chi connectivity index (χ3v) is 5.17. The molecule has 0 aromatic carbocycles. The van der Waals surface area contributed by atoms with Crippen molar-refractivity contribution in [3.05, 3.63) is 0 Å². The summed E-state index contributed by atoms with van der Waals surface area (Å²) in [5.74, 6) is 1.69. The second-order valence-corrected chi connectivity index (χ2v) is 6.86. The van der Waals surface area contributed by atoms with E-state index in [1.54, 1.807) is 0 Å². The topological polar surface area (TPSA) is 41.1 Å². The van der Waals surface area contributed by atoms with E-state index >= 15 is 0 Å². The first-order chi connectivity index (χ1) is 9.75. The number of amides is 1. The van der Waals surface area contributed by atoms with Crippen LogP contribution >= 0.6 is 0 Å². The highest BCUT2D eigenvalue weighted by molar-refractivity contribution is 5.76. The van der Waals surface area contributed by atoms with Crippen molar-refractivity contribution in [2.24, 2.45) is 11.8 Å². The van der Waals surface area contributed by atoms with Crippen molar-refractivity contribution < 1.29 is 4.79 Å². The summed E-state index contributed by atoms with van der Waals surface area (Å²) in [5, 5.41) is 6.68. The van der Waals surface area contributed by atoms with Crippen LogP contribution in [0.25, 0.3) is 0 Å². The molecule has 1 amide bonds. The number of hydrogen-bond donors (Lipinski definition) is 2. The Bertz CT molecular complexity index is 279. The van der Waals surface area contributed by atoms with Crippen LogP contribution in [0.15, 0.2) is 0 Å². The normalized spacial score (nSPS) is 26.8. The van der Waals surface area contributed by atoms with Gasteiger partial charge >= 0.3 is 0 Å². The minimum absolute atomic E-state index is 0.271. The van der Waals surface area contributed by atoms with E-state index in [1.807, 2.05) is 0 Å². The lowest BCUT2D eigenvalue weighted by Gasteiger charge is -2.25. The summed E-state index contributed by atoms with van der Waals surface area (Å²) < 4.78 is 0. The quantitative estimate of drug-likeness (QED) is 0.759. The molecule has 1 heterocycles. The molecule has 3 heteroatoms. The molecular formula is C17H32N2O. The molecule has 116 valence electrons. The van der Waals surface area contributed by atoms with E-state index in [9.17, 15) is 4.79 Å². The predicted molar refractivity (Wildman–Crippen MR) is 83.6 cm³/mol. The molecule has 2 N–H and O–H groups in total. The number of nitrogens with one attached hydrogen (secondary N) is 2. The molecule has 1 unspecified atom stereocenters. The van der Waals surface area contributed by atoms with Gasteiger partial charge in [0.1, 0.15) is 0 Å². The Hall–Kier alpha value is -0.570. The summed E-state index contributed by atoms with van der Waals surface area (Å²) in [5.41, 5.74) is 0. The zero-order chi connectivity index (χ0) is 14.2. The fourth-order valence-corrected chi connectivity index (χ4v) is 3.76. The van der Waals surface area contributed by atoms with Crippen molar-refractivity contribution in [1.29, 1.82) is 0 Å². The molecule has 20 heavy (non-hydrogen) atoms. The molecule has 0 radical (unpaired) electrons. The van der Waals surface area contributed by atoms with Crippen molar-refractivity contribution in [3.8, 4) is 0 Å². The maximum atomic E-state index is 12.1. The lowest BCUT2D eigenvalue weighted by molar-refractivity contribution is -0.122. The highest BCUT2D eigenvalue weighted by Gasteiger charge is 2.21. The molecule has 2 aliphatic rings. The van der Waals surface area contributed by atoms with Gasteiger partial charge in [0.15, 0.2) is 0 Å². The Morgan fingerprint density at radius 1 is 1.15 bits per heavy atom. The standard InChI is InChI=1S/C17H32N2O/c1-14(16-8-4-2-3-5-9-16)19-17(20)11-10-15-7-6-12-18-13-15/h14-16,18H,2-13H2,1H3,(H,19,20)/t14-,15?/m1/s1. The van der Waals surface area contributed by atoms with Crippen molar-refractivity contribution >= 4 is 5.91 Å². The second kappa shape index (κ2) is 8.66. The molecule has 0 aromatic heterocycles. The summed E-state index contributed by atoms with van der Waals surface area (Å²) >= 11 is 0. The third kappa shape index (κ3) is 5.43. The Morgan fingerprint density at radius 2 is 1.90 bits per heavy atom. The van der Waals surface area contributed by atoms with E-state index in [4.69, 9.17) is 0 Å². The van der Waals surface area contributed by atoms with E-state index in [2.05, 4.69) is 17.6 Å². The van der Waals surface area contributed by atoms with Crippen LogP contribution in [0.3, 0.4) is 0 Å². The molecule has 2 atom stereocenters. The summed E-state index contributed by atoms with van der Waals surface area (Å²) in [4.78, 5) is 12.1. The van der Waals surface area contributed by atoms with E-state index < -0.39 is 0 Å². The highest BCUT2D eigenvalue weighted by atomic mass is 16.1. The van der Waals surface area contributed by atoms with E-state index in [1.165, 1.54) is 51.4 Å². The van der Waals surface area contributed by atoms with Crippen LogP contribution in [0.5, 0.6) is 0 Å². The van der Waals surface area contributed by atoms with Gasteiger partial charge in [-0.2, -0.15) is 0 Å². The second-order valence-electron chi connectivity index (χ2n) is 6.86. The van der Waals surface area contributed by atoms with Crippen molar-refractivity contribution in [2.75, 3.05) is 13.1 Å². The first-order valence-electron chi connectivity index (χ1n) is 8.76. The average Bonchev–Trinajstić information content (AvgIpc) is 2.75. The van der Waals surface area contributed by atoms with Gasteiger partial charge in [0.25, 0.3) is 0 Å². The van der Waals surface area contributed by atoms with Crippen LogP contribution in [-0.2, 0) is 4.79 Å². The molecule has 1 aliphatic carbocycles. The van der Waals surface area contributed by atoms with Crippen molar-refractivity contribution in [1.82, 2.24) is 10.6 Å². The van der Waals surface area contributed by atoms with Gasteiger partial charge in [0, 0.05) is 12.5 Å². The maximum absolute atomic E-state index is 12.1. The molecule has 2 fully saturated rings. The SMILES string of the molecule is C[C@@H](NC(=O)CCC1CCCNC1)C1CCCCCC1. The van der Waals surface area contributed by atoms with Gasteiger partial charge in [-0.1, -0.05) is 25.7 Å². The molecule has 0 spiro atoms. The zero-order valence-electron chi connectivity index (χ0n) is 13.1. The fraction of sp³-hybridized carbons (Fsp3) is 0.941. The van der Waals surface area contributed by atoms with Gasteiger partial charge in [-0.15, -0.1) is 0 Å². The van der Waals surface area contributed by atoms with Gasteiger partial charge in [-0.25, -0.2) is 0 Å². The average molecular weight is 280 g/mol. The Balaban J connectivity index is 1.64. The zero-order valence-corrected chi connectivity index (χ0v) is 13.1. The lowest BCUT2D eigenvalue weighted by atomic mass is 9.92. The third-order valence-electron chi connectivity index (χ3n) is 5.17. The smallest absolute Gasteiger partial charge is 0.220 e. The van der Waals surface area contributed by atoms with Crippen LogP contribution in [-0.4, -0.2) is 25.0 Å². The molecule has 0 bridgehead atoms. The number of carbonyl (C=O) groups excluding carboxylic acids is 1. The maximum Gasteiger partial charge on any atom is 0.220 e. The first kappa shape index (κ1) is 15.8. The lowest BCUT2D eigenvalue weighted by Crippen LogP contribution is -2.38. The van der Waals surface area contributed by atoms with Crippen LogP contribution in [0.1, 0.15) is 71.1 Å². The molecule has 1 aliphatic heterocycles. The van der Waals surface area contributed by atoms with Crippen molar-refractivity contribution in [2.45, 2.75) is 77.2 Å². The van der Waals surface area contributed by atoms with Crippen LogP contribution in [0.4, 0.5) is 0 Å². The first-order valence-corrected chi connectivity index (χ1v) is 8.76. The van der Waals surface area contributed by atoms with Crippen LogP contribution in [0, 0.1) is 11.8 Å². The minimum atomic E-state index is 0.271. The molecular weight excluding hydrogens is 248 g/mol.